The van der Waals surface area contributed by atoms with Crippen LogP contribution in [0.5, 0.6) is 0 Å². The van der Waals surface area contributed by atoms with Crippen LogP contribution in [0.25, 0.3) is 0 Å². The van der Waals surface area contributed by atoms with Crippen LogP contribution in [0.2, 0.25) is 0 Å². The van der Waals surface area contributed by atoms with E-state index in [-0.39, 0.29) is 5.82 Å². The smallest absolute Gasteiger partial charge is 0.407 e. The van der Waals surface area contributed by atoms with Gasteiger partial charge in [0.1, 0.15) is 5.82 Å². The molecule has 2 aliphatic heterocycles. The van der Waals surface area contributed by atoms with Crippen molar-refractivity contribution in [3.05, 3.63) is 30.1 Å². The summed E-state index contributed by atoms with van der Waals surface area (Å²) in [7, 11) is 0. The zero-order valence-electron chi connectivity index (χ0n) is 10.6. The fourth-order valence-corrected chi connectivity index (χ4v) is 3.31. The average Bonchev–Trinajstić information content (AvgIpc) is 2.82. The van der Waals surface area contributed by atoms with Crippen molar-refractivity contribution in [3.63, 3.8) is 0 Å². The van der Waals surface area contributed by atoms with E-state index >= 15 is 0 Å². The molecule has 0 spiro atoms. The van der Waals surface area contributed by atoms with Crippen LogP contribution in [0.1, 0.15) is 12.8 Å². The minimum atomic E-state index is -0.821. The number of rotatable bonds is 1. The van der Waals surface area contributed by atoms with E-state index in [1.165, 1.54) is 17.0 Å². The first kappa shape index (κ1) is 12.3. The number of amides is 1. The molecule has 0 aliphatic carbocycles. The molecule has 2 saturated heterocycles. The number of carbonyl (C=O) groups is 1. The summed E-state index contributed by atoms with van der Waals surface area (Å²) in [6.07, 6.45) is 1.04. The fourth-order valence-electron chi connectivity index (χ4n) is 3.31. The van der Waals surface area contributed by atoms with Gasteiger partial charge < -0.3 is 14.9 Å². The average molecular weight is 264 g/mol. The third-order valence-corrected chi connectivity index (χ3v) is 4.26. The van der Waals surface area contributed by atoms with E-state index in [4.69, 9.17) is 5.11 Å². The van der Waals surface area contributed by atoms with Crippen LogP contribution in [0.15, 0.2) is 24.3 Å². The van der Waals surface area contributed by atoms with Crippen molar-refractivity contribution in [2.24, 2.45) is 5.92 Å². The molecule has 0 unspecified atom stereocenters. The van der Waals surface area contributed by atoms with Crippen molar-refractivity contribution < 1.29 is 14.3 Å². The van der Waals surface area contributed by atoms with E-state index < -0.39 is 6.09 Å². The summed E-state index contributed by atoms with van der Waals surface area (Å²) in [5.74, 6) is 0.176. The number of hydrogen-bond acceptors (Lipinski definition) is 2. The van der Waals surface area contributed by atoms with Crippen molar-refractivity contribution in [2.45, 2.75) is 18.9 Å². The SMILES string of the molecule is O=C(O)N1CC[C@@H]2[C@@H](CCN2c2ccc(F)cc2)C1. The molecule has 1 N–H and O–H groups in total. The van der Waals surface area contributed by atoms with Crippen LogP contribution < -0.4 is 4.90 Å². The third-order valence-electron chi connectivity index (χ3n) is 4.26. The molecule has 5 heteroatoms. The van der Waals surface area contributed by atoms with Gasteiger partial charge in [-0.1, -0.05) is 0 Å². The summed E-state index contributed by atoms with van der Waals surface area (Å²) < 4.78 is 13.0. The first-order valence-corrected chi connectivity index (χ1v) is 6.65. The number of anilines is 1. The van der Waals surface area contributed by atoms with Gasteiger partial charge in [0.15, 0.2) is 0 Å². The standard InChI is InChI=1S/C14H17FN2O2/c15-11-1-3-12(4-2-11)17-8-5-10-9-16(14(18)19)7-6-13(10)17/h1-4,10,13H,5-9H2,(H,18,19)/t10-,13+/m0/s1. The highest BCUT2D eigenvalue weighted by Gasteiger charge is 2.39. The lowest BCUT2D eigenvalue weighted by atomic mass is 9.93. The largest absolute Gasteiger partial charge is 0.465 e. The summed E-state index contributed by atoms with van der Waals surface area (Å²) in [4.78, 5) is 14.8. The van der Waals surface area contributed by atoms with Gasteiger partial charge >= 0.3 is 6.09 Å². The number of piperidine rings is 1. The molecule has 2 aliphatic rings. The zero-order valence-corrected chi connectivity index (χ0v) is 10.6. The Bertz CT molecular complexity index is 477. The van der Waals surface area contributed by atoms with E-state index in [0.29, 0.717) is 25.0 Å². The van der Waals surface area contributed by atoms with Crippen molar-refractivity contribution in [1.82, 2.24) is 4.90 Å². The summed E-state index contributed by atoms with van der Waals surface area (Å²) in [5, 5.41) is 9.04. The molecule has 2 atom stereocenters. The normalized spacial score (nSPS) is 26.4. The summed E-state index contributed by atoms with van der Waals surface area (Å²) >= 11 is 0. The molecule has 2 fully saturated rings. The van der Waals surface area contributed by atoms with Gasteiger partial charge in [0.25, 0.3) is 0 Å². The van der Waals surface area contributed by atoms with Crippen LogP contribution in [-0.4, -0.2) is 41.8 Å². The second-order valence-electron chi connectivity index (χ2n) is 5.30. The molecule has 102 valence electrons. The predicted molar refractivity (Wildman–Crippen MR) is 69.9 cm³/mol. The van der Waals surface area contributed by atoms with Gasteiger partial charge in [-0.15, -0.1) is 0 Å². The van der Waals surface area contributed by atoms with Crippen LogP contribution >= 0.6 is 0 Å². The molecule has 2 heterocycles. The number of likely N-dealkylation sites (tertiary alicyclic amines) is 1. The minimum Gasteiger partial charge on any atom is -0.465 e. The van der Waals surface area contributed by atoms with Crippen molar-refractivity contribution in [3.8, 4) is 0 Å². The maximum atomic E-state index is 13.0. The van der Waals surface area contributed by atoms with Gasteiger partial charge in [-0.25, -0.2) is 9.18 Å². The minimum absolute atomic E-state index is 0.222. The summed E-state index contributed by atoms with van der Waals surface area (Å²) in [6, 6.07) is 6.97. The molecule has 4 nitrogen and oxygen atoms in total. The molecular weight excluding hydrogens is 247 g/mol. The number of fused-ring (bicyclic) bond motifs is 1. The van der Waals surface area contributed by atoms with Gasteiger partial charge in [-0.3, -0.25) is 0 Å². The Kier molecular flexibility index (Phi) is 3.05. The maximum absolute atomic E-state index is 13.0. The van der Waals surface area contributed by atoms with Crippen LogP contribution in [0, 0.1) is 11.7 Å². The molecular formula is C14H17FN2O2. The quantitative estimate of drug-likeness (QED) is 0.847. The highest BCUT2D eigenvalue weighted by Crippen LogP contribution is 2.35. The molecule has 19 heavy (non-hydrogen) atoms. The van der Waals surface area contributed by atoms with E-state index in [9.17, 15) is 9.18 Å². The van der Waals surface area contributed by atoms with Crippen molar-refractivity contribution in [2.75, 3.05) is 24.5 Å². The second-order valence-corrected chi connectivity index (χ2v) is 5.30. The molecule has 1 aromatic carbocycles. The highest BCUT2D eigenvalue weighted by molar-refractivity contribution is 5.65. The fraction of sp³-hybridized carbons (Fsp3) is 0.500. The van der Waals surface area contributed by atoms with Gasteiger partial charge in [0, 0.05) is 31.4 Å². The zero-order chi connectivity index (χ0) is 13.4. The first-order chi connectivity index (χ1) is 9.15. The van der Waals surface area contributed by atoms with Crippen LogP contribution in [0.4, 0.5) is 14.9 Å². The Balaban J connectivity index is 1.74. The summed E-state index contributed by atoms with van der Waals surface area (Å²) in [6.45, 7) is 2.14. The van der Waals surface area contributed by atoms with Crippen LogP contribution in [0.3, 0.4) is 0 Å². The van der Waals surface area contributed by atoms with E-state index in [2.05, 4.69) is 4.90 Å². The lowest BCUT2D eigenvalue weighted by Gasteiger charge is -2.37. The highest BCUT2D eigenvalue weighted by atomic mass is 19.1. The molecule has 0 radical (unpaired) electrons. The molecule has 0 aromatic heterocycles. The summed E-state index contributed by atoms with van der Waals surface area (Å²) in [5.41, 5.74) is 1.04. The Morgan fingerprint density at radius 2 is 1.95 bits per heavy atom. The molecule has 1 amide bonds. The lowest BCUT2D eigenvalue weighted by molar-refractivity contribution is 0.118. The number of hydrogen-bond donors (Lipinski definition) is 1. The number of halogens is 1. The van der Waals surface area contributed by atoms with Crippen molar-refractivity contribution in [1.29, 1.82) is 0 Å². The number of benzene rings is 1. The number of nitrogens with zero attached hydrogens (tertiary/aromatic N) is 2. The van der Waals surface area contributed by atoms with Gasteiger partial charge in [0.2, 0.25) is 0 Å². The Hall–Kier alpha value is -1.78. The number of carboxylic acid groups (broad SMARTS) is 1. The lowest BCUT2D eigenvalue weighted by Crippen LogP contribution is -2.47. The monoisotopic (exact) mass is 264 g/mol. The third kappa shape index (κ3) is 2.25. The van der Waals surface area contributed by atoms with Crippen molar-refractivity contribution >= 4 is 11.8 Å². The second kappa shape index (κ2) is 4.72. The van der Waals surface area contributed by atoms with Crippen LogP contribution in [-0.2, 0) is 0 Å². The Labute approximate surface area is 111 Å². The Morgan fingerprint density at radius 1 is 1.21 bits per heavy atom. The van der Waals surface area contributed by atoms with Gasteiger partial charge in [0.05, 0.1) is 0 Å². The topological polar surface area (TPSA) is 43.8 Å². The van der Waals surface area contributed by atoms with E-state index in [1.807, 2.05) is 0 Å². The predicted octanol–water partition coefficient (Wildman–Crippen LogP) is 2.40. The molecule has 0 saturated carbocycles. The van der Waals surface area contributed by atoms with E-state index in [1.54, 1.807) is 12.1 Å². The Morgan fingerprint density at radius 3 is 2.63 bits per heavy atom. The maximum Gasteiger partial charge on any atom is 0.407 e. The van der Waals surface area contributed by atoms with E-state index in [0.717, 1.165) is 25.1 Å². The molecule has 0 bridgehead atoms. The molecule has 1 aromatic rings. The van der Waals surface area contributed by atoms with Gasteiger partial charge in [-0.2, -0.15) is 0 Å². The first-order valence-electron chi connectivity index (χ1n) is 6.65. The molecule has 3 rings (SSSR count). The van der Waals surface area contributed by atoms with Gasteiger partial charge in [-0.05, 0) is 43.0 Å².